The normalized spacial score (nSPS) is 10.9. The van der Waals surface area contributed by atoms with Crippen LogP contribution in [0.15, 0.2) is 40.8 Å². The molecule has 28 heavy (non-hydrogen) atoms. The summed E-state index contributed by atoms with van der Waals surface area (Å²) in [6.45, 7) is -0.714. The molecule has 0 unspecified atom stereocenters. The molecule has 0 bridgehead atoms. The zero-order chi connectivity index (χ0) is 20.3. The first-order chi connectivity index (χ1) is 13.4. The Balaban J connectivity index is 1.70. The maximum absolute atomic E-state index is 13.6. The predicted molar refractivity (Wildman–Crippen MR) is 92.2 cm³/mol. The average Bonchev–Trinajstić information content (AvgIpc) is 3.06. The number of hydrogen-bond donors (Lipinski definition) is 1. The van der Waals surface area contributed by atoms with E-state index in [-0.39, 0.29) is 12.4 Å². The number of anilines is 1. The maximum Gasteiger partial charge on any atom is 0.375 e. The van der Waals surface area contributed by atoms with Crippen molar-refractivity contribution in [2.45, 2.75) is 6.61 Å². The SMILES string of the molecule is COCc1c(C(=O)OCC(=O)Nc2ccc(F)c(F)c2F)oc2ccccc12. The highest BCUT2D eigenvalue weighted by Gasteiger charge is 2.23. The Morgan fingerprint density at radius 2 is 1.82 bits per heavy atom. The van der Waals surface area contributed by atoms with Gasteiger partial charge in [-0.1, -0.05) is 18.2 Å². The number of nitrogens with one attached hydrogen (secondary N) is 1. The third-order valence-electron chi connectivity index (χ3n) is 3.82. The average molecular weight is 393 g/mol. The second-order valence-corrected chi connectivity index (χ2v) is 5.69. The van der Waals surface area contributed by atoms with E-state index >= 15 is 0 Å². The summed E-state index contributed by atoms with van der Waals surface area (Å²) in [7, 11) is 1.45. The lowest BCUT2D eigenvalue weighted by Gasteiger charge is -2.08. The van der Waals surface area contributed by atoms with E-state index in [0.29, 0.717) is 22.6 Å². The Morgan fingerprint density at radius 1 is 1.07 bits per heavy atom. The molecule has 0 fully saturated rings. The smallest absolute Gasteiger partial charge is 0.375 e. The van der Waals surface area contributed by atoms with E-state index in [1.54, 1.807) is 24.3 Å². The van der Waals surface area contributed by atoms with Gasteiger partial charge in [-0.25, -0.2) is 18.0 Å². The fourth-order valence-corrected chi connectivity index (χ4v) is 2.56. The standard InChI is InChI=1S/C19H14F3NO5/c1-26-8-11-10-4-2-3-5-14(10)28-18(11)19(25)27-9-15(24)23-13-7-6-12(20)16(21)17(13)22/h2-7H,8-9H2,1H3,(H,23,24). The van der Waals surface area contributed by atoms with E-state index in [9.17, 15) is 22.8 Å². The number of carbonyl (C=O) groups excluding carboxylic acids is 2. The number of amides is 1. The number of methoxy groups -OCH3 is 1. The van der Waals surface area contributed by atoms with Gasteiger partial charge < -0.3 is 19.2 Å². The lowest BCUT2D eigenvalue weighted by molar-refractivity contribution is -0.119. The molecule has 0 saturated heterocycles. The molecule has 146 valence electrons. The van der Waals surface area contributed by atoms with Crippen LogP contribution in [0.25, 0.3) is 11.0 Å². The topological polar surface area (TPSA) is 77.8 Å². The van der Waals surface area contributed by atoms with E-state index in [4.69, 9.17) is 13.9 Å². The predicted octanol–water partition coefficient (Wildman–Crippen LogP) is 3.79. The van der Waals surface area contributed by atoms with Gasteiger partial charge in [0.25, 0.3) is 5.91 Å². The Kier molecular flexibility index (Phi) is 5.65. The van der Waals surface area contributed by atoms with Gasteiger partial charge in [-0.05, 0) is 18.2 Å². The minimum atomic E-state index is -1.72. The first kappa shape index (κ1) is 19.4. The second-order valence-electron chi connectivity index (χ2n) is 5.69. The number of carbonyl (C=O) groups is 2. The van der Waals surface area contributed by atoms with Crippen molar-refractivity contribution in [1.29, 1.82) is 0 Å². The largest absolute Gasteiger partial charge is 0.450 e. The summed E-state index contributed by atoms with van der Waals surface area (Å²) in [6, 6.07) is 8.39. The molecule has 3 rings (SSSR count). The van der Waals surface area contributed by atoms with Crippen LogP contribution in [0.1, 0.15) is 16.1 Å². The Bertz CT molecular complexity index is 1050. The number of fused-ring (bicyclic) bond motifs is 1. The van der Waals surface area contributed by atoms with E-state index in [2.05, 4.69) is 0 Å². The molecule has 0 radical (unpaired) electrons. The molecule has 1 amide bonds. The van der Waals surface area contributed by atoms with Crippen LogP contribution in [-0.4, -0.2) is 25.6 Å². The van der Waals surface area contributed by atoms with Gasteiger partial charge in [0.1, 0.15) is 5.58 Å². The number of halogens is 3. The molecule has 0 aliphatic rings. The lowest BCUT2D eigenvalue weighted by Crippen LogP contribution is -2.22. The molecule has 0 aliphatic carbocycles. The zero-order valence-electron chi connectivity index (χ0n) is 14.6. The number of rotatable bonds is 6. The first-order valence-electron chi connectivity index (χ1n) is 8.02. The second kappa shape index (κ2) is 8.13. The molecule has 2 aromatic carbocycles. The van der Waals surface area contributed by atoms with Crippen molar-refractivity contribution in [2.75, 3.05) is 19.0 Å². The minimum absolute atomic E-state index is 0.0771. The Morgan fingerprint density at radius 3 is 2.57 bits per heavy atom. The molecule has 0 saturated carbocycles. The Hall–Kier alpha value is -3.33. The first-order valence-corrected chi connectivity index (χ1v) is 8.02. The monoisotopic (exact) mass is 393 g/mol. The number of esters is 1. The molecule has 9 heteroatoms. The number of hydrogen-bond acceptors (Lipinski definition) is 5. The van der Waals surface area contributed by atoms with Gasteiger partial charge in [-0.2, -0.15) is 0 Å². The molecule has 0 aliphatic heterocycles. The summed E-state index contributed by atoms with van der Waals surface area (Å²) in [6.07, 6.45) is 0. The highest BCUT2D eigenvalue weighted by molar-refractivity contribution is 5.98. The van der Waals surface area contributed by atoms with Crippen LogP contribution in [0.2, 0.25) is 0 Å². The zero-order valence-corrected chi connectivity index (χ0v) is 14.6. The number of para-hydroxylation sites is 1. The number of furan rings is 1. The van der Waals surface area contributed by atoms with Crippen LogP contribution in [0.5, 0.6) is 0 Å². The highest BCUT2D eigenvalue weighted by Crippen LogP contribution is 2.27. The minimum Gasteiger partial charge on any atom is -0.450 e. The van der Waals surface area contributed by atoms with Gasteiger partial charge in [-0.3, -0.25) is 4.79 Å². The summed E-state index contributed by atoms with van der Waals surface area (Å²) in [5, 5.41) is 2.66. The van der Waals surface area contributed by atoms with Crippen LogP contribution in [0.4, 0.5) is 18.9 Å². The van der Waals surface area contributed by atoms with Crippen molar-refractivity contribution in [3.05, 3.63) is 65.2 Å². The molecule has 0 atom stereocenters. The lowest BCUT2D eigenvalue weighted by atomic mass is 10.1. The van der Waals surface area contributed by atoms with E-state index in [1.807, 2.05) is 5.32 Å². The third kappa shape index (κ3) is 3.84. The quantitative estimate of drug-likeness (QED) is 0.509. The van der Waals surface area contributed by atoms with Gasteiger partial charge in [0, 0.05) is 18.1 Å². The summed E-state index contributed by atoms with van der Waals surface area (Å²) < 4.78 is 55.1. The maximum atomic E-state index is 13.6. The number of ether oxygens (including phenoxy) is 2. The van der Waals surface area contributed by atoms with Crippen LogP contribution in [0.3, 0.4) is 0 Å². The molecule has 6 nitrogen and oxygen atoms in total. The summed E-state index contributed by atoms with van der Waals surface area (Å²) in [5.74, 6) is -6.67. The van der Waals surface area contributed by atoms with Crippen molar-refractivity contribution in [1.82, 2.24) is 0 Å². The van der Waals surface area contributed by atoms with Crippen molar-refractivity contribution in [3.8, 4) is 0 Å². The summed E-state index contributed by atoms with van der Waals surface area (Å²) >= 11 is 0. The van der Waals surface area contributed by atoms with E-state index < -0.39 is 41.6 Å². The summed E-state index contributed by atoms with van der Waals surface area (Å²) in [5.41, 5.74) is 0.314. The molecular weight excluding hydrogens is 379 g/mol. The van der Waals surface area contributed by atoms with Gasteiger partial charge in [0.15, 0.2) is 24.1 Å². The number of benzene rings is 2. The third-order valence-corrected chi connectivity index (χ3v) is 3.82. The van der Waals surface area contributed by atoms with Crippen LogP contribution < -0.4 is 5.32 Å². The molecule has 1 N–H and O–H groups in total. The van der Waals surface area contributed by atoms with Gasteiger partial charge in [0.2, 0.25) is 5.76 Å². The molecule has 3 aromatic rings. The van der Waals surface area contributed by atoms with Crippen LogP contribution in [-0.2, 0) is 20.9 Å². The highest BCUT2D eigenvalue weighted by atomic mass is 19.2. The van der Waals surface area contributed by atoms with Gasteiger partial charge in [-0.15, -0.1) is 0 Å². The van der Waals surface area contributed by atoms with E-state index in [0.717, 1.165) is 6.07 Å². The fourth-order valence-electron chi connectivity index (χ4n) is 2.56. The molecule has 1 aromatic heterocycles. The molecule has 0 spiro atoms. The van der Waals surface area contributed by atoms with Gasteiger partial charge in [0.05, 0.1) is 12.3 Å². The van der Waals surface area contributed by atoms with Crippen LogP contribution in [0, 0.1) is 17.5 Å². The van der Waals surface area contributed by atoms with E-state index in [1.165, 1.54) is 7.11 Å². The van der Waals surface area contributed by atoms with Crippen molar-refractivity contribution < 1.29 is 36.7 Å². The molecule has 1 heterocycles. The van der Waals surface area contributed by atoms with Crippen LogP contribution >= 0.6 is 0 Å². The Labute approximate surface area is 156 Å². The van der Waals surface area contributed by atoms with Gasteiger partial charge >= 0.3 is 5.97 Å². The van der Waals surface area contributed by atoms with Crippen molar-refractivity contribution >= 4 is 28.5 Å². The molecular formula is C19H14F3NO5. The van der Waals surface area contributed by atoms with Crippen molar-refractivity contribution in [2.24, 2.45) is 0 Å². The van der Waals surface area contributed by atoms with Crippen molar-refractivity contribution in [3.63, 3.8) is 0 Å². The fraction of sp³-hybridized carbons (Fsp3) is 0.158. The summed E-state index contributed by atoms with van der Waals surface area (Å²) in [4.78, 5) is 24.2.